The summed E-state index contributed by atoms with van der Waals surface area (Å²) < 4.78 is 0. The van der Waals surface area contributed by atoms with Gasteiger partial charge < -0.3 is 10.6 Å². The molecule has 4 amide bonds. The predicted molar refractivity (Wildman–Crippen MR) is 86.6 cm³/mol. The zero-order valence-electron chi connectivity index (χ0n) is 13.8. The molecule has 124 valence electrons. The van der Waals surface area contributed by atoms with E-state index in [9.17, 15) is 14.4 Å². The van der Waals surface area contributed by atoms with Crippen molar-refractivity contribution in [2.24, 2.45) is 0 Å². The summed E-state index contributed by atoms with van der Waals surface area (Å²) in [5.74, 6) is -0.678. The Hall–Kier alpha value is -2.37. The standard InChI is InChI=1S/C17H23N3O3/c1-4-17(5-2)15(22)20(16(23)19-17)11-14(21)18-12(3)13-9-7-6-8-10-13/h6-10,12H,4-5,11H2,1-3H3,(H,18,21)(H,19,23). The van der Waals surface area contributed by atoms with Gasteiger partial charge in [0.25, 0.3) is 5.91 Å². The van der Waals surface area contributed by atoms with Crippen LogP contribution in [0.5, 0.6) is 0 Å². The molecular weight excluding hydrogens is 294 g/mol. The molecule has 2 N–H and O–H groups in total. The van der Waals surface area contributed by atoms with Crippen molar-refractivity contribution in [1.82, 2.24) is 15.5 Å². The van der Waals surface area contributed by atoms with Crippen LogP contribution in [0.4, 0.5) is 4.79 Å². The third-order valence-electron chi connectivity index (χ3n) is 4.43. The van der Waals surface area contributed by atoms with E-state index in [2.05, 4.69) is 10.6 Å². The molecular formula is C17H23N3O3. The van der Waals surface area contributed by atoms with Gasteiger partial charge in [-0.1, -0.05) is 44.2 Å². The summed E-state index contributed by atoms with van der Waals surface area (Å²) in [6, 6.07) is 8.84. The Kier molecular flexibility index (Phi) is 5.03. The van der Waals surface area contributed by atoms with Gasteiger partial charge in [0.15, 0.2) is 0 Å². The molecule has 23 heavy (non-hydrogen) atoms. The summed E-state index contributed by atoms with van der Waals surface area (Å²) in [5.41, 5.74) is 0.0945. The minimum atomic E-state index is -0.873. The number of imide groups is 1. The van der Waals surface area contributed by atoms with E-state index in [1.807, 2.05) is 51.1 Å². The highest BCUT2D eigenvalue weighted by Gasteiger charge is 2.49. The molecule has 0 spiro atoms. The molecule has 1 aliphatic rings. The summed E-state index contributed by atoms with van der Waals surface area (Å²) in [7, 11) is 0. The number of amides is 4. The van der Waals surface area contributed by atoms with E-state index < -0.39 is 11.6 Å². The molecule has 0 saturated carbocycles. The van der Waals surface area contributed by atoms with Crippen LogP contribution >= 0.6 is 0 Å². The largest absolute Gasteiger partial charge is 0.348 e. The fraction of sp³-hybridized carbons (Fsp3) is 0.471. The van der Waals surface area contributed by atoms with Crippen LogP contribution in [0, 0.1) is 0 Å². The number of carbonyl (C=O) groups excluding carboxylic acids is 3. The Morgan fingerprint density at radius 1 is 1.22 bits per heavy atom. The first-order chi connectivity index (χ1) is 10.9. The second-order valence-corrected chi connectivity index (χ2v) is 5.81. The number of rotatable bonds is 6. The number of hydrogen-bond donors (Lipinski definition) is 2. The monoisotopic (exact) mass is 317 g/mol. The van der Waals surface area contributed by atoms with Crippen molar-refractivity contribution in [3.8, 4) is 0 Å². The lowest BCUT2D eigenvalue weighted by molar-refractivity contribution is -0.135. The smallest absolute Gasteiger partial charge is 0.325 e. The first-order valence-electron chi connectivity index (χ1n) is 7.92. The van der Waals surface area contributed by atoms with E-state index in [0.29, 0.717) is 12.8 Å². The highest BCUT2D eigenvalue weighted by atomic mass is 16.2. The second-order valence-electron chi connectivity index (χ2n) is 5.81. The fourth-order valence-electron chi connectivity index (χ4n) is 2.80. The average molecular weight is 317 g/mol. The highest BCUT2D eigenvalue weighted by molar-refractivity contribution is 6.09. The Labute approximate surface area is 136 Å². The fourth-order valence-corrected chi connectivity index (χ4v) is 2.80. The third-order valence-corrected chi connectivity index (χ3v) is 4.43. The van der Waals surface area contributed by atoms with Crippen LogP contribution in [-0.2, 0) is 9.59 Å². The van der Waals surface area contributed by atoms with Crippen molar-refractivity contribution >= 4 is 17.8 Å². The summed E-state index contributed by atoms with van der Waals surface area (Å²) in [5, 5.41) is 5.53. The van der Waals surface area contributed by atoms with Gasteiger partial charge in [0.1, 0.15) is 12.1 Å². The Morgan fingerprint density at radius 3 is 2.35 bits per heavy atom. The molecule has 1 unspecified atom stereocenters. The molecule has 1 heterocycles. The molecule has 2 rings (SSSR count). The molecule has 0 aromatic heterocycles. The van der Waals surface area contributed by atoms with Gasteiger partial charge in [-0.05, 0) is 25.3 Å². The van der Waals surface area contributed by atoms with E-state index in [4.69, 9.17) is 0 Å². The highest BCUT2D eigenvalue weighted by Crippen LogP contribution is 2.24. The summed E-state index contributed by atoms with van der Waals surface area (Å²) in [4.78, 5) is 37.7. The average Bonchev–Trinajstić information content (AvgIpc) is 2.80. The SMILES string of the molecule is CCC1(CC)NC(=O)N(CC(=O)NC(C)c2ccccc2)C1=O. The predicted octanol–water partition coefficient (Wildman–Crippen LogP) is 1.97. The summed E-state index contributed by atoms with van der Waals surface area (Å²) in [6.07, 6.45) is 1.01. The maximum absolute atomic E-state index is 12.5. The molecule has 6 nitrogen and oxygen atoms in total. The molecule has 1 aromatic rings. The van der Waals surface area contributed by atoms with Crippen LogP contribution in [-0.4, -0.2) is 34.8 Å². The number of nitrogens with zero attached hydrogens (tertiary/aromatic N) is 1. The lowest BCUT2D eigenvalue weighted by Crippen LogP contribution is -2.46. The van der Waals surface area contributed by atoms with E-state index in [1.165, 1.54) is 0 Å². The van der Waals surface area contributed by atoms with Crippen LogP contribution < -0.4 is 10.6 Å². The normalized spacial score (nSPS) is 17.8. The first-order valence-corrected chi connectivity index (χ1v) is 7.92. The minimum Gasteiger partial charge on any atom is -0.348 e. The number of nitrogens with one attached hydrogen (secondary N) is 2. The van der Waals surface area contributed by atoms with Gasteiger partial charge in [-0.2, -0.15) is 0 Å². The van der Waals surface area contributed by atoms with Gasteiger partial charge in [-0.15, -0.1) is 0 Å². The maximum atomic E-state index is 12.5. The molecule has 0 radical (unpaired) electrons. The van der Waals surface area contributed by atoms with E-state index in [-0.39, 0.29) is 24.4 Å². The molecule has 1 atom stereocenters. The van der Waals surface area contributed by atoms with Crippen LogP contribution in [0.1, 0.15) is 45.2 Å². The van der Waals surface area contributed by atoms with Crippen molar-refractivity contribution in [1.29, 1.82) is 0 Å². The van der Waals surface area contributed by atoms with Gasteiger partial charge in [0, 0.05) is 0 Å². The van der Waals surface area contributed by atoms with Gasteiger partial charge in [0.05, 0.1) is 6.04 Å². The lowest BCUT2D eigenvalue weighted by atomic mass is 9.93. The Bertz CT molecular complexity index is 596. The summed E-state index contributed by atoms with van der Waals surface area (Å²) in [6.45, 7) is 5.30. The lowest BCUT2D eigenvalue weighted by Gasteiger charge is -2.23. The van der Waals surface area contributed by atoms with Crippen molar-refractivity contribution in [2.45, 2.75) is 45.2 Å². The maximum Gasteiger partial charge on any atom is 0.325 e. The second kappa shape index (κ2) is 6.81. The molecule has 1 saturated heterocycles. The van der Waals surface area contributed by atoms with Crippen LogP contribution in [0.25, 0.3) is 0 Å². The topological polar surface area (TPSA) is 78.5 Å². The quantitative estimate of drug-likeness (QED) is 0.787. The molecule has 1 aromatic carbocycles. The molecule has 1 aliphatic heterocycles. The zero-order chi connectivity index (χ0) is 17.0. The van der Waals surface area contributed by atoms with Crippen molar-refractivity contribution in [3.63, 3.8) is 0 Å². The number of urea groups is 1. The minimum absolute atomic E-state index is 0.188. The first kappa shape index (κ1) is 17.0. The third kappa shape index (κ3) is 3.36. The van der Waals surface area contributed by atoms with Gasteiger partial charge in [0.2, 0.25) is 5.91 Å². The van der Waals surface area contributed by atoms with E-state index >= 15 is 0 Å². The van der Waals surface area contributed by atoms with Crippen molar-refractivity contribution < 1.29 is 14.4 Å². The Balaban J connectivity index is 2.00. The number of hydrogen-bond acceptors (Lipinski definition) is 3. The molecule has 0 aliphatic carbocycles. The molecule has 1 fully saturated rings. The van der Waals surface area contributed by atoms with Crippen LogP contribution in [0.3, 0.4) is 0 Å². The molecule has 6 heteroatoms. The van der Waals surface area contributed by atoms with Crippen LogP contribution in [0.2, 0.25) is 0 Å². The number of benzene rings is 1. The number of carbonyl (C=O) groups is 3. The van der Waals surface area contributed by atoms with Crippen LogP contribution in [0.15, 0.2) is 30.3 Å². The van der Waals surface area contributed by atoms with Gasteiger partial charge in [-0.25, -0.2) is 4.79 Å². The Morgan fingerprint density at radius 2 is 1.83 bits per heavy atom. The zero-order valence-corrected chi connectivity index (χ0v) is 13.8. The van der Waals surface area contributed by atoms with E-state index in [1.54, 1.807) is 0 Å². The van der Waals surface area contributed by atoms with Gasteiger partial charge >= 0.3 is 6.03 Å². The summed E-state index contributed by atoms with van der Waals surface area (Å²) >= 11 is 0. The van der Waals surface area contributed by atoms with Crippen molar-refractivity contribution in [2.75, 3.05) is 6.54 Å². The molecule has 0 bridgehead atoms. The van der Waals surface area contributed by atoms with E-state index in [0.717, 1.165) is 10.5 Å². The van der Waals surface area contributed by atoms with Gasteiger partial charge in [-0.3, -0.25) is 14.5 Å². The van der Waals surface area contributed by atoms with Crippen molar-refractivity contribution in [3.05, 3.63) is 35.9 Å².